The molecule has 0 radical (unpaired) electrons. The van der Waals surface area contributed by atoms with Crippen molar-refractivity contribution in [3.63, 3.8) is 0 Å². The molecule has 5 aliphatic rings. The van der Waals surface area contributed by atoms with Crippen molar-refractivity contribution in [3.8, 4) is 0 Å². The van der Waals surface area contributed by atoms with E-state index in [1.165, 1.54) is 4.90 Å². The maximum Gasteiger partial charge on any atom is 0.251 e. The summed E-state index contributed by atoms with van der Waals surface area (Å²) in [5, 5.41) is 2.80. The van der Waals surface area contributed by atoms with Gasteiger partial charge in [-0.1, -0.05) is 18.2 Å². The number of amides is 3. The lowest BCUT2D eigenvalue weighted by atomic mass is 9.63. The van der Waals surface area contributed by atoms with Crippen molar-refractivity contribution >= 4 is 23.4 Å². The van der Waals surface area contributed by atoms with Crippen LogP contribution in [0.15, 0.2) is 59.2 Å². The SMILES string of the molecule is O=C(NCc1ccco1)c1cccc(N2C(=O)[C@@H]3[C@H]4C=C[C@@H]([C@@H]5C[C@@H]45)[C@@H]3C2=O)c1. The highest BCUT2D eigenvalue weighted by molar-refractivity contribution is 6.23. The summed E-state index contributed by atoms with van der Waals surface area (Å²) in [6, 6.07) is 10.3. The van der Waals surface area contributed by atoms with Gasteiger partial charge in [-0.15, -0.1) is 0 Å². The van der Waals surface area contributed by atoms with E-state index in [-0.39, 0.29) is 47.9 Å². The van der Waals surface area contributed by atoms with Crippen LogP contribution in [-0.2, 0) is 16.1 Å². The van der Waals surface area contributed by atoms with Crippen LogP contribution in [0.2, 0.25) is 0 Å². The predicted molar refractivity (Wildman–Crippen MR) is 104 cm³/mol. The number of hydrogen-bond acceptors (Lipinski definition) is 4. The van der Waals surface area contributed by atoms with Crippen LogP contribution in [0.1, 0.15) is 22.5 Å². The predicted octanol–water partition coefficient (Wildman–Crippen LogP) is 2.77. The molecule has 1 N–H and O–H groups in total. The number of benzene rings is 1. The van der Waals surface area contributed by atoms with E-state index in [4.69, 9.17) is 4.42 Å². The zero-order chi connectivity index (χ0) is 19.7. The molecule has 0 spiro atoms. The Balaban J connectivity index is 1.26. The number of anilines is 1. The minimum atomic E-state index is -0.275. The van der Waals surface area contributed by atoms with Gasteiger partial charge in [-0.05, 0) is 60.4 Å². The molecule has 2 aromatic rings. The fourth-order valence-corrected chi connectivity index (χ4v) is 5.68. The summed E-state index contributed by atoms with van der Waals surface area (Å²) < 4.78 is 5.23. The lowest BCUT2D eigenvalue weighted by Gasteiger charge is -2.37. The normalized spacial score (nSPS) is 33.6. The lowest BCUT2D eigenvalue weighted by molar-refractivity contribution is -0.124. The maximum absolute atomic E-state index is 13.2. The summed E-state index contributed by atoms with van der Waals surface area (Å²) in [5.74, 6) is 1.20. The lowest BCUT2D eigenvalue weighted by Crippen LogP contribution is -2.40. The van der Waals surface area contributed by atoms with E-state index in [2.05, 4.69) is 17.5 Å². The van der Waals surface area contributed by atoms with Gasteiger partial charge in [-0.3, -0.25) is 14.4 Å². The minimum absolute atomic E-state index is 0.113. The molecule has 2 bridgehead atoms. The molecule has 1 saturated heterocycles. The number of nitrogens with one attached hydrogen (secondary N) is 1. The molecule has 1 aliphatic heterocycles. The van der Waals surface area contributed by atoms with Crippen molar-refractivity contribution in [1.82, 2.24) is 5.32 Å². The molecule has 0 unspecified atom stereocenters. The molecule has 6 atom stereocenters. The first kappa shape index (κ1) is 16.8. The molecule has 1 aromatic heterocycles. The van der Waals surface area contributed by atoms with Gasteiger partial charge in [0.2, 0.25) is 11.8 Å². The Morgan fingerprint density at radius 3 is 2.41 bits per heavy atom. The average Bonchev–Trinajstić information content (AvgIpc) is 3.33. The number of imide groups is 1. The summed E-state index contributed by atoms with van der Waals surface area (Å²) in [4.78, 5) is 40.3. The van der Waals surface area contributed by atoms with Crippen LogP contribution in [-0.4, -0.2) is 17.7 Å². The third-order valence-electron chi connectivity index (χ3n) is 7.03. The van der Waals surface area contributed by atoms with Crippen molar-refractivity contribution < 1.29 is 18.8 Å². The van der Waals surface area contributed by atoms with Crippen LogP contribution in [0, 0.1) is 35.5 Å². The Labute approximate surface area is 167 Å². The highest BCUT2D eigenvalue weighted by atomic mass is 16.3. The number of hydrogen-bond donors (Lipinski definition) is 1. The number of rotatable bonds is 4. The zero-order valence-electron chi connectivity index (χ0n) is 15.7. The minimum Gasteiger partial charge on any atom is -0.467 e. The number of furan rings is 1. The van der Waals surface area contributed by atoms with Gasteiger partial charge >= 0.3 is 0 Å². The Morgan fingerprint density at radius 2 is 1.76 bits per heavy atom. The fourth-order valence-electron chi connectivity index (χ4n) is 5.68. The van der Waals surface area contributed by atoms with Gasteiger partial charge in [0.05, 0.1) is 30.3 Å². The van der Waals surface area contributed by atoms with Crippen molar-refractivity contribution in [2.75, 3.05) is 4.90 Å². The average molecular weight is 388 g/mol. The van der Waals surface area contributed by atoms with E-state index in [9.17, 15) is 14.4 Å². The zero-order valence-corrected chi connectivity index (χ0v) is 15.7. The van der Waals surface area contributed by atoms with Crippen LogP contribution in [0.25, 0.3) is 0 Å². The first-order chi connectivity index (χ1) is 14.1. The molecular weight excluding hydrogens is 368 g/mol. The van der Waals surface area contributed by atoms with E-state index in [1.54, 1.807) is 42.7 Å². The summed E-state index contributed by atoms with van der Waals surface area (Å²) in [7, 11) is 0. The number of carbonyl (C=O) groups excluding carboxylic acids is 3. The largest absolute Gasteiger partial charge is 0.467 e. The summed E-state index contributed by atoms with van der Waals surface area (Å²) >= 11 is 0. The van der Waals surface area contributed by atoms with Crippen molar-refractivity contribution in [2.24, 2.45) is 35.5 Å². The Bertz CT molecular complexity index is 1020. The van der Waals surface area contributed by atoms with Crippen molar-refractivity contribution in [2.45, 2.75) is 13.0 Å². The molecule has 29 heavy (non-hydrogen) atoms. The third kappa shape index (κ3) is 2.38. The summed E-state index contributed by atoms with van der Waals surface area (Å²) in [6.07, 6.45) is 7.01. The van der Waals surface area contributed by atoms with Crippen LogP contribution in [0.3, 0.4) is 0 Å². The third-order valence-corrected chi connectivity index (χ3v) is 7.03. The monoisotopic (exact) mass is 388 g/mol. The molecule has 4 aliphatic carbocycles. The van der Waals surface area contributed by atoms with Crippen LogP contribution < -0.4 is 10.2 Å². The van der Waals surface area contributed by atoms with E-state index >= 15 is 0 Å². The van der Waals surface area contributed by atoms with Gasteiger partial charge in [0.15, 0.2) is 0 Å². The molecule has 6 nitrogen and oxygen atoms in total. The Morgan fingerprint density at radius 1 is 1.03 bits per heavy atom. The molecule has 3 fully saturated rings. The Hall–Kier alpha value is -3.15. The van der Waals surface area contributed by atoms with E-state index in [1.807, 2.05) is 0 Å². The van der Waals surface area contributed by atoms with E-state index < -0.39 is 0 Å². The van der Waals surface area contributed by atoms with Gasteiger partial charge in [0, 0.05) is 5.56 Å². The van der Waals surface area contributed by atoms with Crippen LogP contribution >= 0.6 is 0 Å². The van der Waals surface area contributed by atoms with Gasteiger partial charge in [0.1, 0.15) is 5.76 Å². The van der Waals surface area contributed by atoms with Crippen LogP contribution in [0.5, 0.6) is 0 Å². The topological polar surface area (TPSA) is 79.6 Å². The maximum atomic E-state index is 13.2. The number of allylic oxidation sites excluding steroid dienone is 2. The molecular formula is C23H20N2O4. The molecule has 146 valence electrons. The summed E-state index contributed by atoms with van der Waals surface area (Å²) in [6.45, 7) is 0.277. The first-order valence-corrected chi connectivity index (χ1v) is 10.1. The quantitative estimate of drug-likeness (QED) is 0.645. The standard InChI is InChI=1S/C23H20N2O4/c26-21(24-11-14-5-2-8-29-14)12-3-1-4-13(9-12)25-22(27)19-15-6-7-16(18-10-17(15)18)20(19)23(25)28/h1-9,15-20H,10-11H2,(H,24,26)/t15-,16-,17-,18-,19-,20+/m0/s1. The summed E-state index contributed by atoms with van der Waals surface area (Å²) in [5.41, 5.74) is 0.890. The molecule has 1 aromatic carbocycles. The fraction of sp³-hybridized carbons (Fsp3) is 0.348. The van der Waals surface area contributed by atoms with Crippen molar-refractivity contribution in [3.05, 3.63) is 66.1 Å². The van der Waals surface area contributed by atoms with Gasteiger partial charge in [-0.2, -0.15) is 0 Å². The molecule has 2 saturated carbocycles. The molecule has 6 heteroatoms. The van der Waals surface area contributed by atoms with E-state index in [0.29, 0.717) is 28.8 Å². The Kier molecular flexibility index (Phi) is 3.43. The number of carbonyl (C=O) groups is 3. The van der Waals surface area contributed by atoms with E-state index in [0.717, 1.165) is 6.42 Å². The molecule has 2 heterocycles. The second-order valence-corrected chi connectivity index (χ2v) is 8.48. The van der Waals surface area contributed by atoms with Crippen LogP contribution in [0.4, 0.5) is 5.69 Å². The van der Waals surface area contributed by atoms with Gasteiger partial charge in [-0.25, -0.2) is 4.90 Å². The van der Waals surface area contributed by atoms with Gasteiger partial charge < -0.3 is 9.73 Å². The molecule has 7 rings (SSSR count). The second-order valence-electron chi connectivity index (χ2n) is 8.48. The number of nitrogens with zero attached hydrogens (tertiary/aromatic N) is 1. The smallest absolute Gasteiger partial charge is 0.251 e. The highest BCUT2D eigenvalue weighted by Gasteiger charge is 2.67. The van der Waals surface area contributed by atoms with Gasteiger partial charge in [0.25, 0.3) is 5.91 Å². The highest BCUT2D eigenvalue weighted by Crippen LogP contribution is 2.65. The molecule has 3 amide bonds. The first-order valence-electron chi connectivity index (χ1n) is 10.1. The second kappa shape index (κ2) is 5.92. The van der Waals surface area contributed by atoms with Crippen molar-refractivity contribution in [1.29, 1.82) is 0 Å².